The topological polar surface area (TPSA) is 46.2 Å². The summed E-state index contributed by atoms with van der Waals surface area (Å²) in [4.78, 5) is 0. The number of rotatable bonds is 3. The molecular formula is C16H26O5. The second-order valence-electron chi connectivity index (χ2n) is 6.47. The third-order valence-corrected chi connectivity index (χ3v) is 3.90. The molecule has 0 spiro atoms. The van der Waals surface area contributed by atoms with E-state index < -0.39 is 17.9 Å². The first-order chi connectivity index (χ1) is 9.69. The summed E-state index contributed by atoms with van der Waals surface area (Å²) in [6, 6.07) is 0. The number of fused-ring (bicyclic) bond motifs is 1. The molecule has 120 valence electrons. The van der Waals surface area contributed by atoms with Crippen molar-refractivity contribution in [1.29, 1.82) is 0 Å². The minimum Gasteiger partial charge on any atom is -0.354 e. The van der Waals surface area contributed by atoms with Crippen LogP contribution in [-0.4, -0.2) is 43.3 Å². The fraction of sp³-hybridized carbons (Fsp3) is 0.875. The highest BCUT2D eigenvalue weighted by atomic mass is 16.8. The Morgan fingerprint density at radius 3 is 2.43 bits per heavy atom. The highest BCUT2D eigenvalue weighted by Gasteiger charge is 2.53. The van der Waals surface area contributed by atoms with E-state index in [1.165, 1.54) is 0 Å². The lowest BCUT2D eigenvalue weighted by atomic mass is 9.90. The van der Waals surface area contributed by atoms with Crippen molar-refractivity contribution in [2.24, 2.45) is 5.92 Å². The Kier molecular flexibility index (Phi) is 4.67. The van der Waals surface area contributed by atoms with Crippen molar-refractivity contribution in [3.8, 4) is 11.8 Å². The molecule has 0 aromatic carbocycles. The summed E-state index contributed by atoms with van der Waals surface area (Å²) in [5.74, 6) is 4.67. The maximum Gasteiger partial charge on any atom is 0.189 e. The molecular weight excluding hydrogens is 272 g/mol. The number of ether oxygens (including phenoxy) is 5. The molecule has 2 rings (SSSR count). The zero-order chi connectivity index (χ0) is 15.8. The molecule has 2 fully saturated rings. The highest BCUT2D eigenvalue weighted by Crippen LogP contribution is 2.40. The van der Waals surface area contributed by atoms with Gasteiger partial charge in [0.15, 0.2) is 17.9 Å². The van der Waals surface area contributed by atoms with Crippen LogP contribution in [0.25, 0.3) is 0 Å². The Morgan fingerprint density at radius 2 is 1.86 bits per heavy atom. The summed E-state index contributed by atoms with van der Waals surface area (Å²) >= 11 is 0. The first kappa shape index (κ1) is 16.7. The maximum absolute atomic E-state index is 6.10. The molecule has 21 heavy (non-hydrogen) atoms. The Balaban J connectivity index is 2.22. The molecule has 0 aromatic heterocycles. The van der Waals surface area contributed by atoms with Gasteiger partial charge in [-0.15, -0.1) is 5.92 Å². The molecule has 0 aromatic rings. The van der Waals surface area contributed by atoms with E-state index in [1.54, 1.807) is 14.0 Å². The summed E-state index contributed by atoms with van der Waals surface area (Å²) in [5, 5.41) is 0. The number of methoxy groups -OCH3 is 1. The molecule has 5 heteroatoms. The molecule has 0 bridgehead atoms. The van der Waals surface area contributed by atoms with Crippen LogP contribution in [0, 0.1) is 17.8 Å². The van der Waals surface area contributed by atoms with Crippen molar-refractivity contribution in [2.75, 3.05) is 7.11 Å². The molecule has 2 aliphatic heterocycles. The molecule has 1 unspecified atom stereocenters. The van der Waals surface area contributed by atoms with Crippen LogP contribution in [0.1, 0.15) is 41.5 Å². The third-order valence-electron chi connectivity index (χ3n) is 3.90. The molecule has 2 aliphatic rings. The second kappa shape index (κ2) is 5.86. The molecule has 5 nitrogen and oxygen atoms in total. The molecule has 2 saturated heterocycles. The number of hydrogen-bond donors (Lipinski definition) is 0. The van der Waals surface area contributed by atoms with Crippen LogP contribution in [0.3, 0.4) is 0 Å². The normalized spacial score (nSPS) is 38.5. The summed E-state index contributed by atoms with van der Waals surface area (Å²) in [6.07, 6.45) is -1.19. The molecule has 0 saturated carbocycles. The van der Waals surface area contributed by atoms with E-state index in [-0.39, 0.29) is 24.2 Å². The molecule has 2 heterocycles. The second-order valence-corrected chi connectivity index (χ2v) is 6.47. The van der Waals surface area contributed by atoms with Gasteiger partial charge >= 0.3 is 0 Å². The average molecular weight is 298 g/mol. The predicted octanol–water partition coefficient (Wildman–Crippen LogP) is 2.29. The number of hydrogen-bond acceptors (Lipinski definition) is 5. The van der Waals surface area contributed by atoms with Crippen LogP contribution in [-0.2, 0) is 23.7 Å². The molecule has 5 atom stereocenters. The monoisotopic (exact) mass is 298 g/mol. The van der Waals surface area contributed by atoms with Gasteiger partial charge < -0.3 is 23.7 Å². The van der Waals surface area contributed by atoms with Crippen molar-refractivity contribution < 1.29 is 23.7 Å². The average Bonchev–Trinajstić information content (AvgIpc) is 2.69. The van der Waals surface area contributed by atoms with Crippen molar-refractivity contribution in [2.45, 2.75) is 77.7 Å². The van der Waals surface area contributed by atoms with E-state index in [9.17, 15) is 0 Å². The predicted molar refractivity (Wildman–Crippen MR) is 77.3 cm³/mol. The Hall–Kier alpha value is -0.640. The zero-order valence-electron chi connectivity index (χ0n) is 13.9. The van der Waals surface area contributed by atoms with E-state index in [4.69, 9.17) is 23.7 Å². The fourth-order valence-corrected chi connectivity index (χ4v) is 2.71. The summed E-state index contributed by atoms with van der Waals surface area (Å²) in [5.41, 5.74) is 0. The largest absolute Gasteiger partial charge is 0.354 e. The highest BCUT2D eigenvalue weighted by molar-refractivity contribution is 5.10. The molecule has 0 radical (unpaired) electrons. The van der Waals surface area contributed by atoms with Gasteiger partial charge in [-0.3, -0.25) is 0 Å². The van der Waals surface area contributed by atoms with Gasteiger partial charge in [0.25, 0.3) is 0 Å². The fourth-order valence-electron chi connectivity index (χ4n) is 2.71. The maximum atomic E-state index is 6.10. The van der Waals surface area contributed by atoms with Gasteiger partial charge in [-0.25, -0.2) is 0 Å². The van der Waals surface area contributed by atoms with Crippen molar-refractivity contribution in [1.82, 2.24) is 0 Å². The van der Waals surface area contributed by atoms with Gasteiger partial charge in [0, 0.05) is 13.0 Å². The molecule has 0 amide bonds. The van der Waals surface area contributed by atoms with Gasteiger partial charge in [0.1, 0.15) is 18.3 Å². The lowest BCUT2D eigenvalue weighted by molar-refractivity contribution is -0.291. The van der Waals surface area contributed by atoms with E-state index in [0.717, 1.165) is 0 Å². The van der Waals surface area contributed by atoms with Gasteiger partial charge in [0.05, 0.1) is 0 Å². The van der Waals surface area contributed by atoms with Gasteiger partial charge in [-0.1, -0.05) is 12.8 Å². The van der Waals surface area contributed by atoms with Gasteiger partial charge in [0.2, 0.25) is 0 Å². The van der Waals surface area contributed by atoms with Crippen molar-refractivity contribution >= 4 is 0 Å². The lowest BCUT2D eigenvalue weighted by Crippen LogP contribution is -2.54. The quantitative estimate of drug-likeness (QED) is 0.591. The van der Waals surface area contributed by atoms with Crippen LogP contribution >= 0.6 is 0 Å². The van der Waals surface area contributed by atoms with E-state index in [0.29, 0.717) is 0 Å². The van der Waals surface area contributed by atoms with Crippen LogP contribution in [0.2, 0.25) is 0 Å². The van der Waals surface area contributed by atoms with Crippen LogP contribution in [0.15, 0.2) is 0 Å². The first-order valence-corrected chi connectivity index (χ1v) is 7.35. The summed E-state index contributed by atoms with van der Waals surface area (Å²) < 4.78 is 29.2. The third kappa shape index (κ3) is 3.58. The Labute approximate surface area is 127 Å². The summed E-state index contributed by atoms with van der Waals surface area (Å²) in [7, 11) is 1.62. The van der Waals surface area contributed by atoms with E-state index in [2.05, 4.69) is 18.8 Å². The van der Waals surface area contributed by atoms with Crippen molar-refractivity contribution in [3.63, 3.8) is 0 Å². The van der Waals surface area contributed by atoms with Gasteiger partial charge in [-0.2, -0.15) is 0 Å². The van der Waals surface area contributed by atoms with Gasteiger partial charge in [-0.05, 0) is 34.6 Å². The van der Waals surface area contributed by atoms with Crippen LogP contribution in [0.5, 0.6) is 0 Å². The zero-order valence-corrected chi connectivity index (χ0v) is 13.9. The van der Waals surface area contributed by atoms with Crippen LogP contribution in [0.4, 0.5) is 0 Å². The standard InChI is InChI=1S/C16H26O5/c1-8-9-11-12(19-15(3,4)17-7)10(2)13-14(18-11)21-16(5,6)20-13/h10-14H,1-7H3/t10-,11+,12+,13+,14?/m1/s1. The van der Waals surface area contributed by atoms with Crippen molar-refractivity contribution in [3.05, 3.63) is 0 Å². The first-order valence-electron chi connectivity index (χ1n) is 7.35. The smallest absolute Gasteiger partial charge is 0.189 e. The van der Waals surface area contributed by atoms with Crippen LogP contribution < -0.4 is 0 Å². The SMILES string of the molecule is CC#C[C@@H]1OC2OC(C)(C)O[C@H]2[C@H](C)[C@@H]1OC(C)(C)OC. The minimum absolute atomic E-state index is 0.0748. The Bertz CT molecular complexity index is 434. The summed E-state index contributed by atoms with van der Waals surface area (Å²) in [6.45, 7) is 11.4. The Morgan fingerprint density at radius 1 is 1.19 bits per heavy atom. The lowest BCUT2D eigenvalue weighted by Gasteiger charge is -2.42. The molecule has 0 aliphatic carbocycles. The minimum atomic E-state index is -0.711. The van der Waals surface area contributed by atoms with E-state index in [1.807, 2.05) is 27.7 Å². The van der Waals surface area contributed by atoms with E-state index >= 15 is 0 Å². The molecule has 0 N–H and O–H groups in total.